The van der Waals surface area contributed by atoms with Crippen LogP contribution in [-0.4, -0.2) is 47.3 Å². The topological polar surface area (TPSA) is 133 Å². The molecule has 0 saturated heterocycles. The van der Waals surface area contributed by atoms with Crippen LogP contribution >= 0.6 is 0 Å². The third-order valence-electron chi connectivity index (χ3n) is 17.8. The van der Waals surface area contributed by atoms with Gasteiger partial charge in [-0.15, -0.1) is 0 Å². The molecule has 0 atom stereocenters. The van der Waals surface area contributed by atoms with Gasteiger partial charge < -0.3 is 17.7 Å². The Balaban J connectivity index is 0.000000110. The zero-order chi connectivity index (χ0) is 62.8. The minimum atomic E-state index is 0.123. The van der Waals surface area contributed by atoms with E-state index in [-0.39, 0.29) is 27.4 Å². The quantitative estimate of drug-likeness (QED) is 0.123. The van der Waals surface area contributed by atoms with Gasteiger partial charge in [-0.1, -0.05) is 6.07 Å². The van der Waals surface area contributed by atoms with Crippen LogP contribution in [0.25, 0.3) is 68.7 Å². The summed E-state index contributed by atoms with van der Waals surface area (Å²) in [4.78, 5) is 26.7. The van der Waals surface area contributed by atoms with Crippen LogP contribution in [0.5, 0.6) is 0 Å². The molecular formula is C70H72B4N12O4+4. The van der Waals surface area contributed by atoms with Gasteiger partial charge in [-0.2, -0.15) is 0 Å². The first-order chi connectivity index (χ1) is 43.4. The van der Waals surface area contributed by atoms with Crippen LogP contribution in [0.2, 0.25) is 27.3 Å². The molecule has 16 nitrogen and oxygen atoms in total. The second-order valence-electron chi connectivity index (χ2n) is 24.1. The summed E-state index contributed by atoms with van der Waals surface area (Å²) in [5.74, 6) is 6.41. The maximum atomic E-state index is 6.04. The normalized spacial score (nSPS) is 13.8. The molecule has 444 valence electrons. The van der Waals surface area contributed by atoms with Crippen molar-refractivity contribution in [3.8, 4) is 0 Å². The van der Waals surface area contributed by atoms with E-state index in [2.05, 4.69) is 269 Å². The molecular weight excluding hydrogens is 1120 g/mol. The van der Waals surface area contributed by atoms with Crippen molar-refractivity contribution >= 4 is 142 Å². The zero-order valence-electron chi connectivity index (χ0n) is 53.6. The summed E-state index contributed by atoms with van der Waals surface area (Å²) in [7, 11) is 8.28. The molecule has 16 rings (SSSR count). The average molecular weight is 1190 g/mol. The Kier molecular flexibility index (Phi) is 15.5. The van der Waals surface area contributed by atoms with Crippen molar-refractivity contribution in [2.45, 2.75) is 68.8 Å². The van der Waals surface area contributed by atoms with Gasteiger partial charge in [0.05, 0.1) is 77.8 Å². The molecule has 90 heavy (non-hydrogen) atoms. The molecule has 4 aliphatic heterocycles. The molecule has 0 amide bonds. The number of rotatable bonds is 4. The SMILES string of the molecule is CB1c2c(oc3nc(C)ccc23)C=CN1c1ccc(C)c[n+]1C.CB1c2c(oc3nc(C)ccc23)C=CN1c1cccc[n+]1C.CB1c2oc3ncccc3c2C=CN1c1cc(C)c(C)c[n+]1C.CB1c2oc3ncccc3c2C=CN1c1cc(C)cc[n+]1C. The van der Waals surface area contributed by atoms with Gasteiger partial charge in [-0.05, 0) is 170 Å². The lowest BCUT2D eigenvalue weighted by Crippen LogP contribution is -2.50. The van der Waals surface area contributed by atoms with E-state index in [4.69, 9.17) is 17.7 Å². The predicted molar refractivity (Wildman–Crippen MR) is 366 cm³/mol. The molecule has 20 heteroatoms. The van der Waals surface area contributed by atoms with Gasteiger partial charge in [0.2, 0.25) is 22.9 Å². The Morgan fingerprint density at radius 2 is 0.878 bits per heavy atom. The van der Waals surface area contributed by atoms with Gasteiger partial charge in [-0.25, -0.2) is 38.2 Å². The van der Waals surface area contributed by atoms with Crippen LogP contribution in [0.15, 0.2) is 177 Å². The molecule has 4 aliphatic rings. The van der Waals surface area contributed by atoms with Gasteiger partial charge in [0.1, 0.15) is 22.8 Å². The zero-order valence-corrected chi connectivity index (χ0v) is 53.6. The first-order valence-electron chi connectivity index (χ1n) is 30.7. The standard InChI is InChI=1S/2C18H19BN3O.2C17H17BN3O/c1-12-5-8-16(21(4)11-12)22-10-9-15-17(19(22)3)14-7-6-13(2)20-18(14)23-15;1-12-10-16(21(4)11-13(12)2)22-9-7-14-15-6-5-8-20-18(15)23-17(14)19(22)3;1-12-6-9-20(3)15(11-12)21-10-7-13-14-5-4-8-19-17(14)22-16(13)18(21)2;1-12-7-8-13-16-14(22-17(13)19-12)9-11-21(18(16)2)15-6-4-5-10-20(15)3/h2*5-11H,1-4H3;2*4-11H,1-3H3/q4*+1. The number of nitrogens with zero attached hydrogens (tertiary/aromatic N) is 12. The maximum absolute atomic E-state index is 6.04. The highest BCUT2D eigenvalue weighted by atomic mass is 16.4. The number of furan rings is 4. The van der Waals surface area contributed by atoms with Gasteiger partial charge in [0.15, 0.2) is 0 Å². The Morgan fingerprint density at radius 3 is 1.41 bits per heavy atom. The lowest BCUT2D eigenvalue weighted by atomic mass is 9.54. The number of hydrogen-bond acceptors (Lipinski definition) is 12. The first-order valence-corrected chi connectivity index (χ1v) is 30.7. The molecule has 0 saturated carbocycles. The van der Waals surface area contributed by atoms with Gasteiger partial charge in [-0.3, -0.25) is 19.2 Å². The highest BCUT2D eigenvalue weighted by Crippen LogP contribution is 2.30. The number of aryl methyl sites for hydroxylation is 10. The lowest BCUT2D eigenvalue weighted by Gasteiger charge is -2.22. The van der Waals surface area contributed by atoms with E-state index in [9.17, 15) is 0 Å². The Hall–Kier alpha value is -10.2. The molecule has 0 fully saturated rings. The van der Waals surface area contributed by atoms with Crippen LogP contribution in [0.1, 0.15) is 56.3 Å². The summed E-state index contributed by atoms with van der Waals surface area (Å²) in [6, 6.07) is 33.4. The molecule has 0 radical (unpaired) electrons. The van der Waals surface area contributed by atoms with Gasteiger partial charge >= 0.3 is 27.4 Å². The summed E-state index contributed by atoms with van der Waals surface area (Å²) in [5, 5.41) is 4.35. The fourth-order valence-electron chi connectivity index (χ4n) is 12.8. The Labute approximate surface area is 526 Å². The minimum absolute atomic E-state index is 0.123. The number of fused-ring (bicyclic) bond motifs is 12. The van der Waals surface area contributed by atoms with E-state index < -0.39 is 0 Å². The number of hydrogen-bond donors (Lipinski definition) is 0. The smallest absolute Gasteiger partial charge is 0.447 e. The van der Waals surface area contributed by atoms with Crippen molar-refractivity contribution in [2.24, 2.45) is 28.2 Å². The largest absolute Gasteiger partial charge is 0.447 e. The summed E-state index contributed by atoms with van der Waals surface area (Å²) in [6.45, 7) is 21.8. The lowest BCUT2D eigenvalue weighted by molar-refractivity contribution is -0.658. The van der Waals surface area contributed by atoms with Crippen molar-refractivity contribution in [2.75, 3.05) is 19.2 Å². The number of pyridine rings is 8. The predicted octanol–water partition coefficient (Wildman–Crippen LogP) is 9.74. The molecule has 0 aromatic carbocycles. The molecule has 0 spiro atoms. The Bertz CT molecular complexity index is 4910. The average Bonchev–Trinajstić information content (AvgIpc) is 1.96. The van der Waals surface area contributed by atoms with E-state index in [1.165, 1.54) is 33.2 Å². The second kappa shape index (κ2) is 23.7. The molecule has 0 N–H and O–H groups in total. The van der Waals surface area contributed by atoms with E-state index in [0.717, 1.165) is 102 Å². The number of aromatic nitrogens is 8. The third kappa shape index (κ3) is 10.7. The van der Waals surface area contributed by atoms with Crippen LogP contribution in [-0.2, 0) is 28.2 Å². The molecule has 0 aliphatic carbocycles. The molecule has 0 unspecified atom stereocenters. The first kappa shape index (κ1) is 58.8. The summed E-state index contributed by atoms with van der Waals surface area (Å²) in [6.07, 6.45) is 28.7. The van der Waals surface area contributed by atoms with Crippen molar-refractivity contribution in [1.29, 1.82) is 0 Å². The molecule has 12 aromatic heterocycles. The highest BCUT2D eigenvalue weighted by molar-refractivity contribution is 6.80. The van der Waals surface area contributed by atoms with Crippen molar-refractivity contribution in [3.05, 3.63) is 215 Å². The van der Waals surface area contributed by atoms with Gasteiger partial charge in [0.25, 0.3) is 23.3 Å². The summed E-state index contributed by atoms with van der Waals surface area (Å²) >= 11 is 0. The van der Waals surface area contributed by atoms with Crippen molar-refractivity contribution < 1.29 is 35.9 Å². The monoisotopic (exact) mass is 1190 g/mol. The fraction of sp³-hybridized carbons (Fsp3) is 0.200. The molecule has 12 aromatic rings. The van der Waals surface area contributed by atoms with Crippen molar-refractivity contribution in [3.63, 3.8) is 0 Å². The van der Waals surface area contributed by atoms with Gasteiger partial charge in [0, 0.05) is 104 Å². The van der Waals surface area contributed by atoms with Crippen LogP contribution < -0.4 is 59.8 Å². The molecule has 16 heterocycles. The third-order valence-corrected chi connectivity index (χ3v) is 17.8. The maximum Gasteiger partial charge on any atom is 0.447 e. The minimum Gasteiger partial charge on any atom is -0.447 e. The Morgan fingerprint density at radius 1 is 0.389 bits per heavy atom. The fourth-order valence-corrected chi connectivity index (χ4v) is 12.8. The van der Waals surface area contributed by atoms with E-state index >= 15 is 0 Å². The number of anilines is 4. The van der Waals surface area contributed by atoms with Crippen LogP contribution in [0, 0.1) is 41.5 Å². The van der Waals surface area contributed by atoms with Crippen LogP contribution in [0.4, 0.5) is 23.3 Å². The van der Waals surface area contributed by atoms with Crippen molar-refractivity contribution in [1.82, 2.24) is 19.9 Å². The highest BCUT2D eigenvalue weighted by Gasteiger charge is 2.42. The molecule has 0 bridgehead atoms. The summed E-state index contributed by atoms with van der Waals surface area (Å²) in [5.41, 5.74) is 16.5. The second-order valence-corrected chi connectivity index (χ2v) is 24.1. The van der Waals surface area contributed by atoms with E-state index in [1.807, 2.05) is 56.3 Å². The van der Waals surface area contributed by atoms with E-state index in [1.54, 1.807) is 12.4 Å². The summed E-state index contributed by atoms with van der Waals surface area (Å²) < 4.78 is 32.5. The van der Waals surface area contributed by atoms with E-state index in [0.29, 0.717) is 11.4 Å². The van der Waals surface area contributed by atoms with Crippen LogP contribution in [0.3, 0.4) is 0 Å².